The Balaban J connectivity index is 1.65. The zero-order valence-corrected chi connectivity index (χ0v) is 16.7. The number of carbonyl (C=O) groups excluding carboxylic acids is 2. The smallest absolute Gasteiger partial charge is 0.240 e. The third kappa shape index (κ3) is 8.04. The molecule has 2 amide bonds. The maximum Gasteiger partial charge on any atom is 0.240 e. The molecule has 0 aliphatic carbocycles. The highest BCUT2D eigenvalue weighted by atomic mass is 79.9. The lowest BCUT2D eigenvalue weighted by atomic mass is 10.2. The fourth-order valence-electron chi connectivity index (χ4n) is 2.22. The highest BCUT2D eigenvalue weighted by Crippen LogP contribution is 2.14. The number of hydrogen-bond acceptors (Lipinski definition) is 4. The summed E-state index contributed by atoms with van der Waals surface area (Å²) in [5.74, 6) is 0.441. The van der Waals surface area contributed by atoms with E-state index < -0.39 is 0 Å². The van der Waals surface area contributed by atoms with Crippen molar-refractivity contribution in [1.29, 1.82) is 0 Å². The van der Waals surface area contributed by atoms with Crippen molar-refractivity contribution in [2.75, 3.05) is 11.9 Å². The number of benzene rings is 2. The van der Waals surface area contributed by atoms with Crippen molar-refractivity contribution in [1.82, 2.24) is 5.43 Å². The van der Waals surface area contributed by atoms with E-state index in [0.29, 0.717) is 13.0 Å². The van der Waals surface area contributed by atoms with Gasteiger partial charge in [0.05, 0.1) is 12.8 Å². The Morgan fingerprint density at radius 1 is 1.04 bits per heavy atom. The molecule has 2 rings (SSSR count). The van der Waals surface area contributed by atoms with Gasteiger partial charge in [-0.2, -0.15) is 5.10 Å². The minimum absolute atomic E-state index is 0.122. The SMILES string of the molecule is CCOc1ccc(/C=N\NC(=O)CCCC(=O)Nc2ccc(Br)cc2)cc1. The number of halogens is 1. The van der Waals surface area contributed by atoms with Gasteiger partial charge in [0.25, 0.3) is 0 Å². The van der Waals surface area contributed by atoms with Crippen molar-refractivity contribution in [3.8, 4) is 5.75 Å². The fourth-order valence-corrected chi connectivity index (χ4v) is 2.48. The fraction of sp³-hybridized carbons (Fsp3) is 0.250. The van der Waals surface area contributed by atoms with Gasteiger partial charge in [-0.05, 0) is 67.4 Å². The van der Waals surface area contributed by atoms with Crippen LogP contribution in [0.1, 0.15) is 31.7 Å². The molecule has 2 aromatic rings. The molecule has 7 heteroatoms. The molecule has 2 N–H and O–H groups in total. The van der Waals surface area contributed by atoms with Crippen molar-refractivity contribution in [3.05, 3.63) is 58.6 Å². The van der Waals surface area contributed by atoms with Crippen molar-refractivity contribution >= 4 is 39.6 Å². The number of hydrazone groups is 1. The molecule has 0 aromatic heterocycles. The van der Waals surface area contributed by atoms with E-state index in [9.17, 15) is 9.59 Å². The molecule has 0 radical (unpaired) electrons. The molecule has 0 aliphatic rings. The van der Waals surface area contributed by atoms with Gasteiger partial charge in [0, 0.05) is 23.0 Å². The average Bonchev–Trinajstić information content (AvgIpc) is 2.65. The van der Waals surface area contributed by atoms with E-state index in [1.807, 2.05) is 55.5 Å². The van der Waals surface area contributed by atoms with Crippen LogP contribution in [-0.4, -0.2) is 24.6 Å². The Hall–Kier alpha value is -2.67. The topological polar surface area (TPSA) is 79.8 Å². The van der Waals surface area contributed by atoms with Crippen molar-refractivity contribution < 1.29 is 14.3 Å². The number of nitrogens with zero attached hydrogens (tertiary/aromatic N) is 1. The molecule has 0 unspecified atom stereocenters. The molecule has 0 bridgehead atoms. The van der Waals surface area contributed by atoms with Gasteiger partial charge < -0.3 is 10.1 Å². The molecule has 0 saturated carbocycles. The summed E-state index contributed by atoms with van der Waals surface area (Å²) in [5, 5.41) is 6.71. The lowest BCUT2D eigenvalue weighted by Crippen LogP contribution is -2.18. The zero-order valence-electron chi connectivity index (χ0n) is 15.1. The first-order chi connectivity index (χ1) is 13.1. The van der Waals surface area contributed by atoms with Gasteiger partial charge >= 0.3 is 0 Å². The van der Waals surface area contributed by atoms with Crippen LogP contribution in [-0.2, 0) is 9.59 Å². The summed E-state index contributed by atoms with van der Waals surface area (Å²) in [6.45, 7) is 2.54. The van der Waals surface area contributed by atoms with E-state index in [1.54, 1.807) is 6.21 Å². The van der Waals surface area contributed by atoms with Crippen molar-refractivity contribution in [2.24, 2.45) is 5.10 Å². The van der Waals surface area contributed by atoms with Gasteiger partial charge in [-0.3, -0.25) is 9.59 Å². The lowest BCUT2D eigenvalue weighted by molar-refractivity contribution is -0.121. The second kappa shape index (κ2) is 11.1. The largest absolute Gasteiger partial charge is 0.494 e. The Labute approximate surface area is 167 Å². The quantitative estimate of drug-likeness (QED) is 0.463. The van der Waals surface area contributed by atoms with Gasteiger partial charge in [-0.15, -0.1) is 0 Å². The maximum absolute atomic E-state index is 11.9. The molecule has 0 atom stereocenters. The molecule has 0 aliphatic heterocycles. The normalized spacial score (nSPS) is 10.6. The van der Waals surface area contributed by atoms with E-state index >= 15 is 0 Å². The second-order valence-electron chi connectivity index (χ2n) is 5.70. The first-order valence-electron chi connectivity index (χ1n) is 8.67. The third-order valence-electron chi connectivity index (χ3n) is 3.53. The van der Waals surface area contributed by atoms with Crippen LogP contribution in [0, 0.1) is 0 Å². The van der Waals surface area contributed by atoms with Gasteiger partial charge in [0.1, 0.15) is 5.75 Å². The van der Waals surface area contributed by atoms with Gasteiger partial charge in [-0.1, -0.05) is 15.9 Å². The number of rotatable bonds is 9. The standard InChI is InChI=1S/C20H22BrN3O3/c1-2-27-18-12-6-15(7-13-18)14-22-24-20(26)5-3-4-19(25)23-17-10-8-16(21)9-11-17/h6-14H,2-5H2,1H3,(H,23,25)(H,24,26)/b22-14-. The van der Waals surface area contributed by atoms with E-state index in [2.05, 4.69) is 31.8 Å². The number of amides is 2. The summed E-state index contributed by atoms with van der Waals surface area (Å²) in [5.41, 5.74) is 4.05. The Morgan fingerprint density at radius 2 is 1.70 bits per heavy atom. The summed E-state index contributed by atoms with van der Waals surface area (Å²) in [4.78, 5) is 23.6. The summed E-state index contributed by atoms with van der Waals surface area (Å²) in [6, 6.07) is 14.7. The van der Waals surface area contributed by atoms with Gasteiger partial charge in [0.15, 0.2) is 0 Å². The number of hydrogen-bond donors (Lipinski definition) is 2. The first-order valence-corrected chi connectivity index (χ1v) is 9.46. The second-order valence-corrected chi connectivity index (χ2v) is 6.62. The number of anilines is 1. The van der Waals surface area contributed by atoms with E-state index in [4.69, 9.17) is 4.74 Å². The molecular weight excluding hydrogens is 410 g/mol. The predicted molar refractivity (Wildman–Crippen MR) is 110 cm³/mol. The number of ether oxygens (including phenoxy) is 1. The molecule has 0 heterocycles. The van der Waals surface area contributed by atoms with Crippen LogP contribution in [0.25, 0.3) is 0 Å². The summed E-state index contributed by atoms with van der Waals surface area (Å²) in [7, 11) is 0. The Bertz CT molecular complexity index is 774. The minimum Gasteiger partial charge on any atom is -0.494 e. The van der Waals surface area contributed by atoms with Gasteiger partial charge in [0.2, 0.25) is 11.8 Å². The summed E-state index contributed by atoms with van der Waals surface area (Å²) < 4.78 is 6.31. The van der Waals surface area contributed by atoms with E-state index in [0.717, 1.165) is 21.5 Å². The number of nitrogens with one attached hydrogen (secondary N) is 2. The molecule has 0 spiro atoms. The first kappa shape index (κ1) is 20.6. The van der Waals surface area contributed by atoms with Crippen LogP contribution in [0.5, 0.6) is 5.75 Å². The van der Waals surface area contributed by atoms with Crippen LogP contribution < -0.4 is 15.5 Å². The highest BCUT2D eigenvalue weighted by Gasteiger charge is 2.05. The zero-order chi connectivity index (χ0) is 19.5. The van der Waals surface area contributed by atoms with Crippen molar-refractivity contribution in [3.63, 3.8) is 0 Å². The molecular formula is C20H22BrN3O3. The minimum atomic E-state index is -0.228. The molecule has 0 fully saturated rings. The van der Waals surface area contributed by atoms with Crippen LogP contribution in [0.15, 0.2) is 58.1 Å². The van der Waals surface area contributed by atoms with Crippen LogP contribution in [0.2, 0.25) is 0 Å². The van der Waals surface area contributed by atoms with E-state index in [-0.39, 0.29) is 24.7 Å². The molecule has 2 aromatic carbocycles. The van der Waals surface area contributed by atoms with Crippen LogP contribution in [0.3, 0.4) is 0 Å². The molecule has 142 valence electrons. The van der Waals surface area contributed by atoms with Crippen LogP contribution in [0.4, 0.5) is 5.69 Å². The summed E-state index contributed by atoms with van der Waals surface area (Å²) in [6.07, 6.45) is 2.51. The Kier molecular flexibility index (Phi) is 8.51. The predicted octanol–water partition coefficient (Wildman–Crippen LogP) is 4.11. The number of carbonyl (C=O) groups is 2. The maximum atomic E-state index is 11.9. The summed E-state index contributed by atoms with van der Waals surface area (Å²) >= 11 is 3.34. The molecule has 27 heavy (non-hydrogen) atoms. The van der Waals surface area contributed by atoms with Crippen LogP contribution >= 0.6 is 15.9 Å². The monoisotopic (exact) mass is 431 g/mol. The van der Waals surface area contributed by atoms with Crippen molar-refractivity contribution in [2.45, 2.75) is 26.2 Å². The highest BCUT2D eigenvalue weighted by molar-refractivity contribution is 9.10. The molecule has 0 saturated heterocycles. The molecule has 6 nitrogen and oxygen atoms in total. The lowest BCUT2D eigenvalue weighted by Gasteiger charge is -2.05. The average molecular weight is 432 g/mol. The third-order valence-corrected chi connectivity index (χ3v) is 4.06. The Morgan fingerprint density at radius 3 is 2.37 bits per heavy atom. The van der Waals surface area contributed by atoms with E-state index in [1.165, 1.54) is 0 Å². The van der Waals surface area contributed by atoms with Gasteiger partial charge in [-0.25, -0.2) is 5.43 Å².